The van der Waals surface area contributed by atoms with Gasteiger partial charge in [-0.3, -0.25) is 14.5 Å². The molecule has 2 aromatic heterocycles. The Kier molecular flexibility index (Phi) is 8.55. The first-order valence-electron chi connectivity index (χ1n) is 12.3. The first-order valence-corrected chi connectivity index (χ1v) is 14.1. The molecule has 19 heteroatoms. The molecule has 2 atom stereocenters. The Balaban J connectivity index is 1.57. The van der Waals surface area contributed by atoms with Crippen LogP contribution in [0.15, 0.2) is 28.7 Å². The molecular formula is C23H28N10O7S2. The Bertz CT molecular complexity index is 1540. The molecule has 1 fully saturated rings. The first kappa shape index (κ1) is 30.5. The summed E-state index contributed by atoms with van der Waals surface area (Å²) in [6.07, 6.45) is 5.20. The van der Waals surface area contributed by atoms with Crippen molar-refractivity contribution in [1.82, 2.24) is 24.3 Å². The molecule has 8 N–H and O–H groups in total. The van der Waals surface area contributed by atoms with E-state index in [9.17, 15) is 29.4 Å². The fourth-order valence-electron chi connectivity index (χ4n) is 4.03. The van der Waals surface area contributed by atoms with E-state index in [0.29, 0.717) is 23.5 Å². The van der Waals surface area contributed by atoms with Gasteiger partial charge in [0.05, 0.1) is 24.3 Å². The van der Waals surface area contributed by atoms with Crippen LogP contribution >= 0.6 is 23.3 Å². The normalized spacial score (nSPS) is 19.1. The lowest BCUT2D eigenvalue weighted by atomic mass is 10.0. The van der Waals surface area contributed by atoms with E-state index < -0.39 is 46.5 Å². The lowest BCUT2D eigenvalue weighted by Gasteiger charge is -2.50. The molecule has 0 spiro atoms. The summed E-state index contributed by atoms with van der Waals surface area (Å²) in [7, 11) is 1.71. The van der Waals surface area contributed by atoms with E-state index in [0.717, 1.165) is 16.4 Å². The van der Waals surface area contributed by atoms with Crippen molar-refractivity contribution in [2.75, 3.05) is 23.8 Å². The van der Waals surface area contributed by atoms with E-state index in [-0.39, 0.29) is 29.0 Å². The third-order valence-electron chi connectivity index (χ3n) is 6.38. The number of β-lactam (4-membered cyclic amide) rings is 1. The summed E-state index contributed by atoms with van der Waals surface area (Å²) in [5, 5.41) is 26.9. The van der Waals surface area contributed by atoms with Crippen LogP contribution in [0.2, 0.25) is 0 Å². The van der Waals surface area contributed by atoms with Gasteiger partial charge in [-0.1, -0.05) is 11.2 Å². The Labute approximate surface area is 246 Å². The molecule has 4 rings (SSSR count). The molecule has 0 aromatic carbocycles. The molecular weight excluding hydrogens is 592 g/mol. The average Bonchev–Trinajstić information content (AvgIpc) is 3.47. The van der Waals surface area contributed by atoms with E-state index in [1.165, 1.54) is 25.6 Å². The van der Waals surface area contributed by atoms with Gasteiger partial charge < -0.3 is 42.4 Å². The molecule has 2 aromatic rings. The second kappa shape index (κ2) is 11.8. The number of oxime groups is 1. The second-order valence-electron chi connectivity index (χ2n) is 9.63. The summed E-state index contributed by atoms with van der Waals surface area (Å²) in [4.78, 5) is 60.0. The fraction of sp³-hybridized carbons (Fsp3) is 0.391. The third-order valence-corrected chi connectivity index (χ3v) is 8.26. The summed E-state index contributed by atoms with van der Waals surface area (Å²) in [6, 6.07) is -1.14. The number of fused-ring (bicyclic) bond motifs is 1. The number of carboxylic acids is 2. The van der Waals surface area contributed by atoms with Crippen LogP contribution in [0.3, 0.4) is 0 Å². The minimum Gasteiger partial charge on any atom is -0.543 e. The minimum atomic E-state index is -1.80. The number of nitrogens with zero attached hydrogens (tertiary/aromatic N) is 6. The van der Waals surface area contributed by atoms with Crippen LogP contribution in [0.1, 0.15) is 25.2 Å². The van der Waals surface area contributed by atoms with Gasteiger partial charge >= 0.3 is 5.97 Å². The van der Waals surface area contributed by atoms with Gasteiger partial charge in [-0.05, 0) is 19.9 Å². The van der Waals surface area contributed by atoms with Gasteiger partial charge in [0.1, 0.15) is 11.4 Å². The molecule has 2 amide bonds. The predicted octanol–water partition coefficient (Wildman–Crippen LogP) is -3.01. The second-order valence-corrected chi connectivity index (χ2v) is 11.5. The van der Waals surface area contributed by atoms with Crippen molar-refractivity contribution >= 4 is 69.8 Å². The number of thioether (sulfide) groups is 1. The van der Waals surface area contributed by atoms with E-state index in [1.807, 2.05) is 0 Å². The van der Waals surface area contributed by atoms with Gasteiger partial charge in [-0.2, -0.15) is 9.36 Å². The number of nitrogen functional groups attached to an aromatic ring is 2. The number of rotatable bonds is 11. The van der Waals surface area contributed by atoms with Crippen molar-refractivity contribution in [3.63, 3.8) is 0 Å². The third kappa shape index (κ3) is 5.78. The van der Waals surface area contributed by atoms with Crippen LogP contribution in [0.4, 0.5) is 10.9 Å². The highest BCUT2D eigenvalue weighted by Crippen LogP contribution is 2.40. The van der Waals surface area contributed by atoms with E-state index in [1.54, 1.807) is 34.8 Å². The maximum atomic E-state index is 13.2. The zero-order valence-corrected chi connectivity index (χ0v) is 24.3. The largest absolute Gasteiger partial charge is 0.543 e. The number of carbonyl (C=O) groups excluding carboxylic acids is 3. The molecule has 2 aliphatic rings. The van der Waals surface area contributed by atoms with Crippen LogP contribution in [0.5, 0.6) is 0 Å². The maximum absolute atomic E-state index is 13.2. The van der Waals surface area contributed by atoms with Gasteiger partial charge in [0.15, 0.2) is 17.5 Å². The summed E-state index contributed by atoms with van der Waals surface area (Å²) in [5.74, 6) is -4.15. The highest BCUT2D eigenvalue weighted by atomic mass is 32.2. The summed E-state index contributed by atoms with van der Waals surface area (Å²) < 4.78 is 7.26. The molecule has 4 heterocycles. The molecule has 2 aliphatic heterocycles. The predicted molar refractivity (Wildman–Crippen MR) is 149 cm³/mol. The number of aliphatic carboxylic acids is 2. The molecule has 0 aliphatic carbocycles. The zero-order chi connectivity index (χ0) is 30.9. The van der Waals surface area contributed by atoms with Gasteiger partial charge in [-0.15, -0.1) is 21.1 Å². The quantitative estimate of drug-likeness (QED) is 0.0726. The number of amides is 2. The lowest BCUT2D eigenvalue weighted by molar-refractivity contribution is -0.765. The number of carboxylic acid groups (broad SMARTS) is 2. The fourth-order valence-corrected chi connectivity index (χ4v) is 5.80. The van der Waals surface area contributed by atoms with Gasteiger partial charge in [0, 0.05) is 29.4 Å². The molecule has 0 bridgehead atoms. The first-order chi connectivity index (χ1) is 19.8. The van der Waals surface area contributed by atoms with Crippen molar-refractivity contribution in [2.45, 2.75) is 37.4 Å². The van der Waals surface area contributed by atoms with Gasteiger partial charge in [-0.25, -0.2) is 4.79 Å². The number of carbonyl (C=O) groups is 4. The number of hydrogen-bond acceptors (Lipinski definition) is 14. The van der Waals surface area contributed by atoms with Crippen molar-refractivity contribution < 1.29 is 38.9 Å². The van der Waals surface area contributed by atoms with Crippen molar-refractivity contribution in [3.05, 3.63) is 34.9 Å². The van der Waals surface area contributed by atoms with Crippen LogP contribution in [-0.2, 0) is 37.6 Å². The van der Waals surface area contributed by atoms with E-state index in [4.69, 9.17) is 22.0 Å². The standard InChI is InChI=1S/C23H28N10O7S2/c1-23(2,21(38)39)40-29-12(16-28-22(26)42-30-16)17(34)27-13-18(35)33-14(20(36)37)11(9-41-19(13)33)8-32-7-10(5-4-6-24)15(25)31(32)3/h4-5,7,13,19,25H,6,8-9,24H2,1-3H3,(H5,26,27,28,30,34,36,37,38,39)/b5-4+,29-12-/t13-,19-/m1/s1. The average molecular weight is 621 g/mol. The summed E-state index contributed by atoms with van der Waals surface area (Å²) in [6.45, 7) is 2.85. The monoisotopic (exact) mass is 620 g/mol. The number of nitrogens with one attached hydrogen (secondary N) is 1. The van der Waals surface area contributed by atoms with Gasteiger partial charge in [0.25, 0.3) is 11.8 Å². The SMILES string of the molecule is Cn1c(N)c(/C=C/CN)c[n+]1CC1=C(C(=O)[O-])N2C(=O)[C@@H](NC(=O)/C(=N\OC(C)(C)C(=O)O)c3nsc(N)n3)[C@H]2SC1. The van der Waals surface area contributed by atoms with Crippen molar-refractivity contribution in [3.8, 4) is 0 Å². The van der Waals surface area contributed by atoms with Crippen LogP contribution in [0, 0.1) is 0 Å². The van der Waals surface area contributed by atoms with Gasteiger partial charge in [0.2, 0.25) is 23.3 Å². The summed E-state index contributed by atoms with van der Waals surface area (Å²) in [5.41, 5.74) is 15.8. The maximum Gasteiger partial charge on any atom is 0.350 e. The topological polar surface area (TPSA) is 261 Å². The zero-order valence-electron chi connectivity index (χ0n) is 22.6. The Morgan fingerprint density at radius 1 is 1.38 bits per heavy atom. The molecule has 1 saturated heterocycles. The van der Waals surface area contributed by atoms with Crippen molar-refractivity contribution in [2.24, 2.45) is 17.9 Å². The molecule has 42 heavy (non-hydrogen) atoms. The lowest BCUT2D eigenvalue weighted by Crippen LogP contribution is -2.71. The number of nitrogens with two attached hydrogens (primary N) is 3. The van der Waals surface area contributed by atoms with E-state index in [2.05, 4.69) is 19.8 Å². The molecule has 0 unspecified atom stereocenters. The van der Waals surface area contributed by atoms with Crippen LogP contribution in [0.25, 0.3) is 6.08 Å². The molecule has 0 radical (unpaired) electrons. The van der Waals surface area contributed by atoms with Crippen LogP contribution < -0.4 is 32.3 Å². The minimum absolute atomic E-state index is 0.00774. The highest BCUT2D eigenvalue weighted by molar-refractivity contribution is 8.00. The Hall–Kier alpha value is -4.49. The molecule has 17 nitrogen and oxygen atoms in total. The highest BCUT2D eigenvalue weighted by Gasteiger charge is 2.53. The Morgan fingerprint density at radius 2 is 2.10 bits per heavy atom. The van der Waals surface area contributed by atoms with Crippen LogP contribution in [-0.4, -0.2) is 82.8 Å². The Morgan fingerprint density at radius 3 is 2.69 bits per heavy atom. The molecule has 224 valence electrons. The smallest absolute Gasteiger partial charge is 0.350 e. The van der Waals surface area contributed by atoms with Crippen molar-refractivity contribution in [1.29, 1.82) is 0 Å². The summed E-state index contributed by atoms with van der Waals surface area (Å²) >= 11 is 2.00. The molecule has 0 saturated carbocycles. The number of hydrogen-bond donors (Lipinski definition) is 5. The van der Waals surface area contributed by atoms with E-state index >= 15 is 0 Å². The number of aromatic nitrogens is 4. The number of anilines is 2.